The van der Waals surface area contributed by atoms with E-state index in [-0.39, 0.29) is 12.0 Å². The molecule has 0 aliphatic carbocycles. The lowest BCUT2D eigenvalue weighted by molar-refractivity contribution is -0.122. The van der Waals surface area contributed by atoms with Gasteiger partial charge in [0.1, 0.15) is 5.78 Å². The molecule has 2 atom stereocenters. The van der Waals surface area contributed by atoms with Crippen molar-refractivity contribution in [3.63, 3.8) is 0 Å². The lowest BCUT2D eigenvalue weighted by atomic mass is 9.91. The molecule has 0 amide bonds. The predicted octanol–water partition coefficient (Wildman–Crippen LogP) is 2.43. The topological polar surface area (TPSA) is 38.3 Å². The molecular formula is C17H25NO2. The van der Waals surface area contributed by atoms with E-state index >= 15 is 0 Å². The van der Waals surface area contributed by atoms with Crippen molar-refractivity contribution in [2.24, 2.45) is 5.92 Å². The minimum Gasteiger partial charge on any atom is -0.379 e. The molecule has 110 valence electrons. The number of hydrogen-bond donors (Lipinski definition) is 1. The van der Waals surface area contributed by atoms with Crippen LogP contribution in [-0.4, -0.2) is 31.6 Å². The zero-order valence-corrected chi connectivity index (χ0v) is 12.7. The van der Waals surface area contributed by atoms with Gasteiger partial charge in [-0.15, -0.1) is 0 Å². The molecule has 0 aromatic heterocycles. The Morgan fingerprint density at radius 1 is 1.35 bits per heavy atom. The third kappa shape index (κ3) is 3.68. The Labute approximate surface area is 121 Å². The molecule has 1 aromatic rings. The second-order valence-electron chi connectivity index (χ2n) is 5.78. The van der Waals surface area contributed by atoms with Gasteiger partial charge in [0.2, 0.25) is 0 Å². The van der Waals surface area contributed by atoms with Crippen molar-refractivity contribution in [2.75, 3.05) is 19.8 Å². The number of rotatable bonds is 6. The largest absolute Gasteiger partial charge is 0.379 e. The number of hydrogen-bond acceptors (Lipinski definition) is 3. The molecule has 2 rings (SSSR count). The highest BCUT2D eigenvalue weighted by molar-refractivity contribution is 5.84. The van der Waals surface area contributed by atoms with Gasteiger partial charge >= 0.3 is 0 Å². The van der Waals surface area contributed by atoms with Crippen LogP contribution in [0.4, 0.5) is 0 Å². The molecule has 1 saturated heterocycles. The van der Waals surface area contributed by atoms with E-state index in [2.05, 4.69) is 44.3 Å². The normalized spacial score (nSPS) is 22.1. The van der Waals surface area contributed by atoms with E-state index in [9.17, 15) is 4.79 Å². The number of aryl methyl sites for hydroxylation is 2. The van der Waals surface area contributed by atoms with E-state index < -0.39 is 0 Å². The van der Waals surface area contributed by atoms with Gasteiger partial charge in [0.05, 0.1) is 19.1 Å². The number of carbonyl (C=O) groups is 1. The van der Waals surface area contributed by atoms with E-state index in [1.807, 2.05) is 0 Å². The van der Waals surface area contributed by atoms with Gasteiger partial charge in [0.15, 0.2) is 0 Å². The number of benzene rings is 1. The van der Waals surface area contributed by atoms with E-state index in [1.54, 1.807) is 0 Å². The van der Waals surface area contributed by atoms with Crippen molar-refractivity contribution in [2.45, 2.75) is 39.7 Å². The first-order chi connectivity index (χ1) is 9.61. The second kappa shape index (κ2) is 7.00. The van der Waals surface area contributed by atoms with Crippen molar-refractivity contribution in [3.05, 3.63) is 34.9 Å². The number of ketones is 1. The van der Waals surface area contributed by atoms with Crippen LogP contribution in [0.15, 0.2) is 18.2 Å². The van der Waals surface area contributed by atoms with Crippen LogP contribution in [0.1, 0.15) is 30.0 Å². The highest BCUT2D eigenvalue weighted by Gasteiger charge is 2.33. The maximum absolute atomic E-state index is 12.5. The lowest BCUT2D eigenvalue weighted by Crippen LogP contribution is -2.40. The summed E-state index contributed by atoms with van der Waals surface area (Å²) in [6.07, 6.45) is 1.60. The molecule has 1 N–H and O–H groups in total. The lowest BCUT2D eigenvalue weighted by Gasteiger charge is -2.18. The Morgan fingerprint density at radius 2 is 2.15 bits per heavy atom. The summed E-state index contributed by atoms with van der Waals surface area (Å²) in [5.74, 6) is 0.297. The Morgan fingerprint density at radius 3 is 2.90 bits per heavy atom. The fourth-order valence-electron chi connectivity index (χ4n) is 2.71. The molecule has 3 heteroatoms. The van der Waals surface area contributed by atoms with E-state index in [0.29, 0.717) is 25.4 Å². The monoisotopic (exact) mass is 275 g/mol. The number of ether oxygens (including phenoxy) is 1. The summed E-state index contributed by atoms with van der Waals surface area (Å²) >= 11 is 0. The van der Waals surface area contributed by atoms with Gasteiger partial charge in [-0.05, 0) is 37.9 Å². The van der Waals surface area contributed by atoms with Crippen LogP contribution < -0.4 is 5.32 Å². The molecule has 1 aliphatic rings. The van der Waals surface area contributed by atoms with Gasteiger partial charge in [-0.1, -0.05) is 30.7 Å². The first kappa shape index (κ1) is 15.2. The van der Waals surface area contributed by atoms with Crippen LogP contribution in [0.25, 0.3) is 0 Å². The summed E-state index contributed by atoms with van der Waals surface area (Å²) in [5, 5.41) is 3.43. The first-order valence-electron chi connectivity index (χ1n) is 7.51. The Hall–Kier alpha value is -1.19. The molecule has 1 heterocycles. The zero-order valence-electron chi connectivity index (χ0n) is 12.7. The zero-order chi connectivity index (χ0) is 14.5. The average Bonchev–Trinajstić information content (AvgIpc) is 2.89. The van der Waals surface area contributed by atoms with Crippen LogP contribution >= 0.6 is 0 Å². The van der Waals surface area contributed by atoms with Crippen molar-refractivity contribution in [1.29, 1.82) is 0 Å². The van der Waals surface area contributed by atoms with Gasteiger partial charge in [-0.3, -0.25) is 4.79 Å². The SMILES string of the molecule is CCCNC1COCC1C(=O)Cc1cc(C)ccc1C. The van der Waals surface area contributed by atoms with Gasteiger partial charge in [0.25, 0.3) is 0 Å². The van der Waals surface area contributed by atoms with Gasteiger partial charge < -0.3 is 10.1 Å². The van der Waals surface area contributed by atoms with Crippen LogP contribution in [0.2, 0.25) is 0 Å². The molecule has 1 aromatic carbocycles. The molecule has 3 nitrogen and oxygen atoms in total. The Bertz CT molecular complexity index is 470. The smallest absolute Gasteiger partial charge is 0.144 e. The molecular weight excluding hydrogens is 250 g/mol. The Kier molecular flexibility index (Phi) is 5.32. The summed E-state index contributed by atoms with van der Waals surface area (Å²) < 4.78 is 5.50. The standard InChI is InChI=1S/C17H25NO2/c1-4-7-18-16-11-20-10-15(16)17(19)9-14-8-12(2)5-6-13(14)3/h5-6,8,15-16,18H,4,7,9-11H2,1-3H3. The van der Waals surface area contributed by atoms with Crippen molar-refractivity contribution < 1.29 is 9.53 Å². The number of carbonyl (C=O) groups excluding carboxylic acids is 1. The summed E-state index contributed by atoms with van der Waals surface area (Å²) in [5.41, 5.74) is 3.55. The quantitative estimate of drug-likeness (QED) is 0.866. The minimum atomic E-state index is 0.00135. The van der Waals surface area contributed by atoms with Crippen molar-refractivity contribution in [3.8, 4) is 0 Å². The third-order valence-electron chi connectivity index (χ3n) is 4.02. The highest BCUT2D eigenvalue weighted by Crippen LogP contribution is 2.19. The fourth-order valence-corrected chi connectivity index (χ4v) is 2.71. The average molecular weight is 275 g/mol. The molecule has 0 spiro atoms. The summed E-state index contributed by atoms with van der Waals surface area (Å²) in [4.78, 5) is 12.5. The first-order valence-corrected chi connectivity index (χ1v) is 7.51. The Balaban J connectivity index is 2.01. The summed E-state index contributed by atoms with van der Waals surface area (Å²) in [7, 11) is 0. The van der Waals surface area contributed by atoms with Crippen LogP contribution in [0.3, 0.4) is 0 Å². The molecule has 0 bridgehead atoms. The van der Waals surface area contributed by atoms with Gasteiger partial charge in [-0.2, -0.15) is 0 Å². The van der Waals surface area contributed by atoms with Crippen LogP contribution in [-0.2, 0) is 16.0 Å². The fraction of sp³-hybridized carbons (Fsp3) is 0.588. The summed E-state index contributed by atoms with van der Waals surface area (Å²) in [6.45, 7) is 8.43. The number of Topliss-reactive ketones (excluding diaryl/α,β-unsaturated/α-hetero) is 1. The minimum absolute atomic E-state index is 0.00135. The van der Waals surface area contributed by atoms with Crippen LogP contribution in [0.5, 0.6) is 0 Å². The molecule has 1 fully saturated rings. The molecule has 1 aliphatic heterocycles. The van der Waals surface area contributed by atoms with Gasteiger partial charge in [0, 0.05) is 12.5 Å². The van der Waals surface area contributed by atoms with E-state index in [1.165, 1.54) is 11.1 Å². The van der Waals surface area contributed by atoms with Crippen molar-refractivity contribution in [1.82, 2.24) is 5.32 Å². The van der Waals surface area contributed by atoms with Gasteiger partial charge in [-0.25, -0.2) is 0 Å². The molecule has 2 unspecified atom stereocenters. The third-order valence-corrected chi connectivity index (χ3v) is 4.02. The predicted molar refractivity (Wildman–Crippen MR) is 81.0 cm³/mol. The van der Waals surface area contributed by atoms with Crippen molar-refractivity contribution >= 4 is 5.78 Å². The molecule has 0 saturated carbocycles. The highest BCUT2D eigenvalue weighted by atomic mass is 16.5. The number of nitrogens with one attached hydrogen (secondary N) is 1. The molecule has 20 heavy (non-hydrogen) atoms. The van der Waals surface area contributed by atoms with E-state index in [4.69, 9.17) is 4.74 Å². The maximum Gasteiger partial charge on any atom is 0.144 e. The summed E-state index contributed by atoms with van der Waals surface area (Å²) in [6, 6.07) is 6.49. The second-order valence-corrected chi connectivity index (χ2v) is 5.78. The van der Waals surface area contributed by atoms with E-state index in [0.717, 1.165) is 18.5 Å². The maximum atomic E-state index is 12.5. The van der Waals surface area contributed by atoms with Crippen LogP contribution in [0, 0.1) is 19.8 Å². The molecule has 0 radical (unpaired) electrons.